The molecule has 0 unspecified atom stereocenters. The number of aromatic nitrogens is 1. The molecule has 1 N–H and O–H groups in total. The van der Waals surface area contributed by atoms with E-state index in [4.69, 9.17) is 14.4 Å². The van der Waals surface area contributed by atoms with E-state index in [2.05, 4.69) is 24.1 Å². The normalized spacial score (nSPS) is 10.9. The number of methoxy groups -OCH3 is 1. The van der Waals surface area contributed by atoms with Gasteiger partial charge in [-0.3, -0.25) is 4.79 Å². The average Bonchev–Trinajstić information content (AvgIpc) is 3.22. The number of hydrogen-bond donors (Lipinski definition) is 1. The molecule has 4 rings (SSSR count). The highest BCUT2D eigenvalue weighted by atomic mass is 19.1. The van der Waals surface area contributed by atoms with Gasteiger partial charge in [0.25, 0.3) is 5.91 Å². The molecule has 0 aliphatic carbocycles. The summed E-state index contributed by atoms with van der Waals surface area (Å²) in [5.41, 5.74) is 3.48. The number of amides is 1. The molecule has 0 fully saturated rings. The maximum Gasteiger partial charge on any atom is 0.258 e. The number of carbonyl (C=O) groups excluding carboxylic acids is 1. The minimum absolute atomic E-state index is 0.134. The van der Waals surface area contributed by atoms with Crippen LogP contribution < -0.4 is 10.1 Å². The van der Waals surface area contributed by atoms with Crippen molar-refractivity contribution in [3.8, 4) is 23.3 Å². The molecule has 0 atom stereocenters. The molecule has 0 aliphatic heterocycles. The first-order valence-corrected chi connectivity index (χ1v) is 9.99. The largest absolute Gasteiger partial charge is 0.495 e. The fourth-order valence-corrected chi connectivity index (χ4v) is 3.32. The SMILES string of the molecule is COc1ccc(-c2nc3cc(C(C)C)ccc3o2)cc1NC(=O)c1ccc(C#N)cc1F. The Kier molecular flexibility index (Phi) is 5.61. The number of oxazole rings is 1. The van der Waals surface area contributed by atoms with Crippen molar-refractivity contribution in [1.82, 2.24) is 4.98 Å². The smallest absolute Gasteiger partial charge is 0.258 e. The summed E-state index contributed by atoms with van der Waals surface area (Å²) < 4.78 is 25.5. The fourth-order valence-electron chi connectivity index (χ4n) is 3.32. The number of nitriles is 1. The molecule has 0 saturated carbocycles. The monoisotopic (exact) mass is 429 g/mol. The summed E-state index contributed by atoms with van der Waals surface area (Å²) in [6.45, 7) is 4.22. The van der Waals surface area contributed by atoms with E-state index in [-0.39, 0.29) is 11.1 Å². The van der Waals surface area contributed by atoms with Crippen LogP contribution in [0, 0.1) is 17.1 Å². The molecule has 1 amide bonds. The number of hydrogen-bond acceptors (Lipinski definition) is 5. The summed E-state index contributed by atoms with van der Waals surface area (Å²) in [4.78, 5) is 17.2. The van der Waals surface area contributed by atoms with E-state index in [1.54, 1.807) is 18.2 Å². The lowest BCUT2D eigenvalue weighted by atomic mass is 10.0. The lowest BCUT2D eigenvalue weighted by Crippen LogP contribution is -2.14. The van der Waals surface area contributed by atoms with E-state index in [0.717, 1.165) is 17.1 Å². The summed E-state index contributed by atoms with van der Waals surface area (Å²) in [7, 11) is 1.47. The highest BCUT2D eigenvalue weighted by Gasteiger charge is 2.17. The second kappa shape index (κ2) is 8.52. The standard InChI is InChI=1S/C25H20FN3O3/c1-14(2)16-5-9-23-21(11-16)29-25(32-23)17-6-8-22(31-3)20(12-17)28-24(30)18-7-4-15(13-27)10-19(18)26/h4-12,14H,1-3H3,(H,28,30). The first kappa shape index (κ1) is 21.1. The Hall–Kier alpha value is -4.18. The van der Waals surface area contributed by atoms with E-state index in [0.29, 0.717) is 34.4 Å². The molecular formula is C25H20FN3O3. The molecule has 4 aromatic rings. The van der Waals surface area contributed by atoms with Crippen molar-refractivity contribution in [2.24, 2.45) is 0 Å². The molecule has 0 spiro atoms. The topological polar surface area (TPSA) is 88.2 Å². The van der Waals surface area contributed by atoms with Crippen molar-refractivity contribution in [2.45, 2.75) is 19.8 Å². The van der Waals surface area contributed by atoms with E-state index in [1.165, 1.54) is 19.2 Å². The maximum atomic E-state index is 14.3. The molecule has 7 heteroatoms. The van der Waals surface area contributed by atoms with Crippen LogP contribution in [-0.4, -0.2) is 18.0 Å². The molecule has 1 aromatic heterocycles. The van der Waals surface area contributed by atoms with Crippen molar-refractivity contribution in [2.75, 3.05) is 12.4 Å². The van der Waals surface area contributed by atoms with Crippen molar-refractivity contribution in [3.05, 3.63) is 77.1 Å². The van der Waals surface area contributed by atoms with Crippen LogP contribution in [0.5, 0.6) is 5.75 Å². The zero-order chi connectivity index (χ0) is 22.8. The molecular weight excluding hydrogens is 409 g/mol. The van der Waals surface area contributed by atoms with Gasteiger partial charge in [0.1, 0.15) is 17.1 Å². The number of nitrogens with one attached hydrogen (secondary N) is 1. The first-order valence-electron chi connectivity index (χ1n) is 9.99. The highest BCUT2D eigenvalue weighted by molar-refractivity contribution is 6.05. The van der Waals surface area contributed by atoms with E-state index < -0.39 is 11.7 Å². The maximum absolute atomic E-state index is 14.3. The predicted molar refractivity (Wildman–Crippen MR) is 119 cm³/mol. The zero-order valence-corrected chi connectivity index (χ0v) is 17.8. The van der Waals surface area contributed by atoms with Crippen LogP contribution in [0.15, 0.2) is 59.0 Å². The second-order valence-corrected chi connectivity index (χ2v) is 7.58. The molecule has 0 aliphatic rings. The molecule has 0 bridgehead atoms. The Morgan fingerprint density at radius 2 is 1.97 bits per heavy atom. The Bertz CT molecular complexity index is 1370. The van der Waals surface area contributed by atoms with Crippen LogP contribution in [0.25, 0.3) is 22.6 Å². The van der Waals surface area contributed by atoms with Gasteiger partial charge >= 0.3 is 0 Å². The van der Waals surface area contributed by atoms with Crippen molar-refractivity contribution in [1.29, 1.82) is 5.26 Å². The van der Waals surface area contributed by atoms with Crippen LogP contribution in [0.3, 0.4) is 0 Å². The number of anilines is 1. The van der Waals surface area contributed by atoms with Gasteiger partial charge in [-0.05, 0) is 60.0 Å². The Balaban J connectivity index is 1.68. The van der Waals surface area contributed by atoms with Gasteiger partial charge in [0.15, 0.2) is 5.58 Å². The minimum Gasteiger partial charge on any atom is -0.495 e. The molecule has 0 radical (unpaired) electrons. The van der Waals surface area contributed by atoms with Crippen LogP contribution in [0.1, 0.15) is 41.3 Å². The van der Waals surface area contributed by atoms with Crippen LogP contribution in [0.4, 0.5) is 10.1 Å². The molecule has 0 saturated heterocycles. The summed E-state index contributed by atoms with van der Waals surface area (Å²) in [5.74, 6) is -0.291. The Morgan fingerprint density at radius 3 is 2.66 bits per heavy atom. The number of benzene rings is 3. The second-order valence-electron chi connectivity index (χ2n) is 7.58. The van der Waals surface area contributed by atoms with E-state index >= 15 is 0 Å². The third kappa shape index (κ3) is 4.03. The van der Waals surface area contributed by atoms with Crippen molar-refractivity contribution < 1.29 is 18.3 Å². The van der Waals surface area contributed by atoms with Crippen molar-refractivity contribution >= 4 is 22.7 Å². The molecule has 6 nitrogen and oxygen atoms in total. The predicted octanol–water partition coefficient (Wildman–Crippen LogP) is 5.89. The third-order valence-corrected chi connectivity index (χ3v) is 5.12. The van der Waals surface area contributed by atoms with Gasteiger partial charge in [-0.2, -0.15) is 5.26 Å². The highest BCUT2D eigenvalue weighted by Crippen LogP contribution is 2.33. The van der Waals surface area contributed by atoms with Crippen LogP contribution in [0.2, 0.25) is 0 Å². The number of nitrogens with zero attached hydrogens (tertiary/aromatic N) is 2. The number of carbonyl (C=O) groups is 1. The Labute approximate surface area is 184 Å². The lowest BCUT2D eigenvalue weighted by molar-refractivity contribution is 0.102. The van der Waals surface area contributed by atoms with Gasteiger partial charge in [0, 0.05) is 5.56 Å². The van der Waals surface area contributed by atoms with Crippen LogP contribution >= 0.6 is 0 Å². The third-order valence-electron chi connectivity index (χ3n) is 5.12. The minimum atomic E-state index is -0.781. The van der Waals surface area contributed by atoms with Gasteiger partial charge < -0.3 is 14.5 Å². The summed E-state index contributed by atoms with van der Waals surface area (Å²) in [6, 6.07) is 16.5. The Morgan fingerprint density at radius 1 is 1.16 bits per heavy atom. The summed E-state index contributed by atoms with van der Waals surface area (Å²) in [5, 5.41) is 11.5. The summed E-state index contributed by atoms with van der Waals surface area (Å²) >= 11 is 0. The fraction of sp³-hybridized carbons (Fsp3) is 0.160. The van der Waals surface area contributed by atoms with Gasteiger partial charge in [0.05, 0.1) is 30.0 Å². The quantitative estimate of drug-likeness (QED) is 0.427. The molecule has 160 valence electrons. The van der Waals surface area contributed by atoms with Gasteiger partial charge in [-0.15, -0.1) is 0 Å². The van der Waals surface area contributed by atoms with Crippen LogP contribution in [-0.2, 0) is 0 Å². The molecule has 3 aromatic carbocycles. The van der Waals surface area contributed by atoms with E-state index in [9.17, 15) is 9.18 Å². The number of fused-ring (bicyclic) bond motifs is 1. The van der Waals surface area contributed by atoms with Crippen molar-refractivity contribution in [3.63, 3.8) is 0 Å². The molecule has 1 heterocycles. The molecule has 32 heavy (non-hydrogen) atoms. The zero-order valence-electron chi connectivity index (χ0n) is 17.8. The average molecular weight is 429 g/mol. The number of rotatable bonds is 5. The number of ether oxygens (including phenoxy) is 1. The number of halogens is 1. The summed E-state index contributed by atoms with van der Waals surface area (Å²) in [6.07, 6.45) is 0. The van der Waals surface area contributed by atoms with Gasteiger partial charge in [-0.25, -0.2) is 9.37 Å². The van der Waals surface area contributed by atoms with E-state index in [1.807, 2.05) is 24.3 Å². The first-order chi connectivity index (χ1) is 15.4. The lowest BCUT2D eigenvalue weighted by Gasteiger charge is -2.12. The van der Waals surface area contributed by atoms with Gasteiger partial charge in [-0.1, -0.05) is 19.9 Å². The van der Waals surface area contributed by atoms with Gasteiger partial charge in [0.2, 0.25) is 5.89 Å².